The summed E-state index contributed by atoms with van der Waals surface area (Å²) in [7, 11) is 0. The Labute approximate surface area is 157 Å². The second-order valence-corrected chi connectivity index (χ2v) is 7.06. The van der Waals surface area contributed by atoms with Crippen molar-refractivity contribution in [3.05, 3.63) is 54.1 Å². The first-order chi connectivity index (χ1) is 12.8. The first-order valence-corrected chi connectivity index (χ1v) is 8.59. The van der Waals surface area contributed by atoms with E-state index in [1.165, 1.54) is 6.33 Å². The number of H-pyrrole nitrogens is 1. The lowest BCUT2D eigenvalue weighted by molar-refractivity contribution is -0.140. The number of carbonyl (C=O) groups is 2. The number of carboxylic acids is 1. The minimum absolute atomic E-state index is 0.0620. The highest BCUT2D eigenvalue weighted by Crippen LogP contribution is 2.20. The molecule has 0 bridgehead atoms. The van der Waals surface area contributed by atoms with Crippen LogP contribution >= 0.6 is 0 Å². The molecule has 2 atom stereocenters. The van der Waals surface area contributed by atoms with E-state index in [9.17, 15) is 14.7 Å². The molecule has 0 aliphatic rings. The van der Waals surface area contributed by atoms with E-state index in [0.717, 1.165) is 5.56 Å². The number of aromatic nitrogens is 2. The Morgan fingerprint density at radius 2 is 1.96 bits per heavy atom. The predicted octanol–water partition coefficient (Wildman–Crippen LogP) is 2.69. The highest BCUT2D eigenvalue weighted by Gasteiger charge is 2.34. The predicted molar refractivity (Wildman–Crippen MR) is 98.2 cm³/mol. The molecule has 2 aromatic rings. The highest BCUT2D eigenvalue weighted by molar-refractivity contribution is 5.81. The van der Waals surface area contributed by atoms with Gasteiger partial charge in [0.1, 0.15) is 11.6 Å². The maximum absolute atomic E-state index is 12.1. The molecular formula is C19H25N3O5. The molecule has 0 fully saturated rings. The molecule has 0 radical (unpaired) electrons. The molecule has 3 N–H and O–H groups in total. The number of carbonyl (C=O) groups excluding carboxylic acids is 1. The van der Waals surface area contributed by atoms with Crippen molar-refractivity contribution < 1.29 is 24.2 Å². The second-order valence-electron chi connectivity index (χ2n) is 7.06. The molecule has 1 unspecified atom stereocenters. The zero-order valence-electron chi connectivity index (χ0n) is 15.6. The van der Waals surface area contributed by atoms with Crippen LogP contribution in [0.2, 0.25) is 0 Å². The van der Waals surface area contributed by atoms with Crippen LogP contribution in [0.5, 0.6) is 0 Å². The maximum Gasteiger partial charge on any atom is 0.408 e. The number of ether oxygens (including phenoxy) is 2. The summed E-state index contributed by atoms with van der Waals surface area (Å²) in [5.41, 5.74) is 0.704. The number of nitrogens with zero attached hydrogens (tertiary/aromatic N) is 1. The number of benzene rings is 1. The lowest BCUT2D eigenvalue weighted by atomic mass is 9.97. The van der Waals surface area contributed by atoms with Crippen molar-refractivity contribution in [2.75, 3.05) is 6.61 Å². The summed E-state index contributed by atoms with van der Waals surface area (Å²) in [6.45, 7) is 5.50. The number of alkyl carbamates (subject to hydrolysis) is 1. The molecule has 146 valence electrons. The molecule has 2 rings (SSSR count). The largest absolute Gasteiger partial charge is 0.480 e. The molecule has 0 spiro atoms. The van der Waals surface area contributed by atoms with Crippen LogP contribution in [0.4, 0.5) is 4.79 Å². The first-order valence-electron chi connectivity index (χ1n) is 8.59. The van der Waals surface area contributed by atoms with E-state index in [-0.39, 0.29) is 6.61 Å². The molecule has 1 aromatic carbocycles. The smallest absolute Gasteiger partial charge is 0.408 e. The van der Waals surface area contributed by atoms with Gasteiger partial charge in [-0.25, -0.2) is 14.6 Å². The quantitative estimate of drug-likeness (QED) is 0.654. The number of imidazole rings is 1. The van der Waals surface area contributed by atoms with Crippen molar-refractivity contribution in [2.24, 2.45) is 0 Å². The number of aromatic amines is 1. The van der Waals surface area contributed by atoms with Gasteiger partial charge in [-0.3, -0.25) is 0 Å². The van der Waals surface area contributed by atoms with E-state index in [0.29, 0.717) is 12.3 Å². The van der Waals surface area contributed by atoms with Gasteiger partial charge in [0.15, 0.2) is 0 Å². The topological polar surface area (TPSA) is 114 Å². The van der Waals surface area contributed by atoms with Crippen LogP contribution in [0.1, 0.15) is 37.9 Å². The zero-order chi connectivity index (χ0) is 19.9. The summed E-state index contributed by atoms with van der Waals surface area (Å²) in [5, 5.41) is 12.1. The van der Waals surface area contributed by atoms with Gasteiger partial charge in [-0.15, -0.1) is 0 Å². The van der Waals surface area contributed by atoms with Gasteiger partial charge in [0.25, 0.3) is 0 Å². The van der Waals surface area contributed by atoms with Crippen molar-refractivity contribution in [3.8, 4) is 0 Å². The lowest BCUT2D eigenvalue weighted by Gasteiger charge is -2.26. The SMILES string of the molecule is CC(C)(C)OC(=O)N[C@H](C(=O)O)C(COCc1ccccc1)c1c[nH]cn1. The Kier molecular flexibility index (Phi) is 6.95. The van der Waals surface area contributed by atoms with Crippen molar-refractivity contribution in [1.82, 2.24) is 15.3 Å². The number of hydrogen-bond donors (Lipinski definition) is 3. The third-order valence-corrected chi connectivity index (χ3v) is 3.65. The normalized spacial score (nSPS) is 13.6. The average molecular weight is 375 g/mol. The van der Waals surface area contributed by atoms with Crippen molar-refractivity contribution in [3.63, 3.8) is 0 Å². The number of hydrogen-bond acceptors (Lipinski definition) is 5. The van der Waals surface area contributed by atoms with E-state index in [1.807, 2.05) is 30.3 Å². The van der Waals surface area contributed by atoms with Crippen molar-refractivity contribution in [2.45, 2.75) is 44.9 Å². The van der Waals surface area contributed by atoms with E-state index in [1.54, 1.807) is 27.0 Å². The molecule has 0 aliphatic heterocycles. The van der Waals surface area contributed by atoms with Gasteiger partial charge in [-0.05, 0) is 26.3 Å². The van der Waals surface area contributed by atoms with E-state index >= 15 is 0 Å². The molecule has 27 heavy (non-hydrogen) atoms. The number of aliphatic carboxylic acids is 1. The average Bonchev–Trinajstić information content (AvgIpc) is 3.10. The molecular weight excluding hydrogens is 350 g/mol. The van der Waals surface area contributed by atoms with E-state index < -0.39 is 29.6 Å². The van der Waals surface area contributed by atoms with Gasteiger partial charge in [0.05, 0.1) is 31.2 Å². The minimum atomic E-state index is -1.25. The van der Waals surface area contributed by atoms with Gasteiger partial charge < -0.3 is 24.9 Å². The lowest BCUT2D eigenvalue weighted by Crippen LogP contribution is -2.48. The van der Waals surface area contributed by atoms with Crippen LogP contribution in [-0.4, -0.2) is 45.4 Å². The maximum atomic E-state index is 12.1. The summed E-state index contributed by atoms with van der Waals surface area (Å²) in [4.78, 5) is 30.8. The van der Waals surface area contributed by atoms with Crippen LogP contribution < -0.4 is 5.32 Å². The highest BCUT2D eigenvalue weighted by atomic mass is 16.6. The fourth-order valence-corrected chi connectivity index (χ4v) is 2.47. The molecule has 0 aliphatic carbocycles. The van der Waals surface area contributed by atoms with Crippen LogP contribution in [0.25, 0.3) is 0 Å². The van der Waals surface area contributed by atoms with Crippen molar-refractivity contribution in [1.29, 1.82) is 0 Å². The summed E-state index contributed by atoms with van der Waals surface area (Å²) in [5.74, 6) is -1.89. The Morgan fingerprint density at radius 3 is 2.52 bits per heavy atom. The third kappa shape index (κ3) is 6.74. The van der Waals surface area contributed by atoms with Gasteiger partial charge in [0, 0.05) is 6.20 Å². The van der Waals surface area contributed by atoms with Crippen molar-refractivity contribution >= 4 is 12.1 Å². The van der Waals surface area contributed by atoms with Gasteiger partial charge in [-0.2, -0.15) is 0 Å². The number of rotatable bonds is 8. The minimum Gasteiger partial charge on any atom is -0.480 e. The molecule has 0 saturated carbocycles. The Hall–Kier alpha value is -2.87. The van der Waals surface area contributed by atoms with E-state index in [4.69, 9.17) is 9.47 Å². The summed E-state index contributed by atoms with van der Waals surface area (Å²) >= 11 is 0. The Balaban J connectivity index is 2.09. The number of carboxylic acid groups (broad SMARTS) is 1. The molecule has 8 nitrogen and oxygen atoms in total. The molecule has 1 aromatic heterocycles. The Bertz CT molecular complexity index is 726. The van der Waals surface area contributed by atoms with E-state index in [2.05, 4.69) is 15.3 Å². The first kappa shape index (κ1) is 20.4. The van der Waals surface area contributed by atoms with Crippen LogP contribution in [0, 0.1) is 0 Å². The fourth-order valence-electron chi connectivity index (χ4n) is 2.47. The number of amides is 1. The summed E-state index contributed by atoms with van der Waals surface area (Å²) in [6, 6.07) is 8.27. The van der Waals surface area contributed by atoms with Gasteiger partial charge in [0.2, 0.25) is 0 Å². The van der Waals surface area contributed by atoms with Crippen LogP contribution in [-0.2, 0) is 20.9 Å². The van der Waals surface area contributed by atoms with Gasteiger partial charge >= 0.3 is 12.1 Å². The molecule has 8 heteroatoms. The second kappa shape index (κ2) is 9.18. The standard InChI is InChI=1S/C19H25N3O5/c1-19(2,3)27-18(25)22-16(17(23)24)14(15-9-20-12-21-15)11-26-10-13-7-5-4-6-8-13/h4-9,12,14,16H,10-11H2,1-3H3,(H,20,21)(H,22,25)(H,23,24)/t14?,16-/m0/s1. The fraction of sp³-hybridized carbons (Fsp3) is 0.421. The number of nitrogens with one attached hydrogen (secondary N) is 2. The molecule has 1 amide bonds. The Morgan fingerprint density at radius 1 is 1.26 bits per heavy atom. The van der Waals surface area contributed by atoms with Gasteiger partial charge in [-0.1, -0.05) is 30.3 Å². The molecule has 0 saturated heterocycles. The third-order valence-electron chi connectivity index (χ3n) is 3.65. The summed E-state index contributed by atoms with van der Waals surface area (Å²) < 4.78 is 10.9. The summed E-state index contributed by atoms with van der Waals surface area (Å²) in [6.07, 6.45) is 2.23. The van der Waals surface area contributed by atoms with Crippen LogP contribution in [0.3, 0.4) is 0 Å². The zero-order valence-corrected chi connectivity index (χ0v) is 15.6. The van der Waals surface area contributed by atoms with Crippen LogP contribution in [0.15, 0.2) is 42.9 Å². The molecule has 1 heterocycles. The monoisotopic (exact) mass is 375 g/mol.